The van der Waals surface area contributed by atoms with Crippen LogP contribution in [0.3, 0.4) is 0 Å². The SMILES string of the molecule is Cc1c(C(=O)NCC(O)COc2ccc(F)cc2)nnn1C1CCNCC1.Cl. The summed E-state index contributed by atoms with van der Waals surface area (Å²) in [6.07, 6.45) is 0.994. The number of aliphatic hydroxyl groups is 1. The third-order valence-corrected chi connectivity index (χ3v) is 4.55. The van der Waals surface area contributed by atoms with E-state index < -0.39 is 6.10 Å². The van der Waals surface area contributed by atoms with Gasteiger partial charge in [0.15, 0.2) is 5.69 Å². The minimum atomic E-state index is -0.904. The summed E-state index contributed by atoms with van der Waals surface area (Å²) in [5.41, 5.74) is 0.983. The number of amides is 1. The fraction of sp³-hybridized carbons (Fsp3) is 0.500. The molecule has 0 aliphatic carbocycles. The number of rotatable bonds is 7. The Labute approximate surface area is 168 Å². The molecule has 3 rings (SSSR count). The highest BCUT2D eigenvalue weighted by Crippen LogP contribution is 2.20. The van der Waals surface area contributed by atoms with E-state index in [1.54, 1.807) is 0 Å². The molecule has 154 valence electrons. The van der Waals surface area contributed by atoms with Crippen molar-refractivity contribution in [3.63, 3.8) is 0 Å². The average molecular weight is 414 g/mol. The molecule has 0 saturated carbocycles. The summed E-state index contributed by atoms with van der Waals surface area (Å²) in [6.45, 7) is 3.66. The van der Waals surface area contributed by atoms with Crippen LogP contribution in [0.15, 0.2) is 24.3 Å². The Balaban J connectivity index is 0.00000280. The third kappa shape index (κ3) is 5.63. The van der Waals surface area contributed by atoms with Crippen LogP contribution in [-0.2, 0) is 0 Å². The predicted octanol–water partition coefficient (Wildman–Crippen LogP) is 1.24. The van der Waals surface area contributed by atoms with Gasteiger partial charge in [0.2, 0.25) is 0 Å². The molecular formula is C18H25ClFN5O3. The lowest BCUT2D eigenvalue weighted by atomic mass is 10.1. The highest BCUT2D eigenvalue weighted by atomic mass is 35.5. The minimum Gasteiger partial charge on any atom is -0.491 e. The maximum absolute atomic E-state index is 12.8. The number of benzene rings is 1. The van der Waals surface area contributed by atoms with Gasteiger partial charge in [-0.1, -0.05) is 5.21 Å². The van der Waals surface area contributed by atoms with Crippen LogP contribution in [0.5, 0.6) is 5.75 Å². The molecule has 1 atom stereocenters. The number of hydrogen-bond acceptors (Lipinski definition) is 6. The molecule has 2 aromatic rings. The van der Waals surface area contributed by atoms with Crippen LogP contribution >= 0.6 is 12.4 Å². The van der Waals surface area contributed by atoms with Crippen LogP contribution in [0.25, 0.3) is 0 Å². The first-order valence-corrected chi connectivity index (χ1v) is 9.01. The van der Waals surface area contributed by atoms with Crippen molar-refractivity contribution < 1.29 is 19.0 Å². The minimum absolute atomic E-state index is 0. The summed E-state index contributed by atoms with van der Waals surface area (Å²) in [4.78, 5) is 12.3. The van der Waals surface area contributed by atoms with Crippen molar-refractivity contribution in [1.29, 1.82) is 0 Å². The number of ether oxygens (including phenoxy) is 1. The van der Waals surface area contributed by atoms with Gasteiger partial charge in [-0.3, -0.25) is 4.79 Å². The molecule has 1 aliphatic heterocycles. The van der Waals surface area contributed by atoms with Gasteiger partial charge in [-0.05, 0) is 57.1 Å². The summed E-state index contributed by atoms with van der Waals surface area (Å²) in [7, 11) is 0. The van der Waals surface area contributed by atoms with Crippen LogP contribution in [0.4, 0.5) is 4.39 Å². The number of nitrogens with one attached hydrogen (secondary N) is 2. The summed E-state index contributed by atoms with van der Waals surface area (Å²) >= 11 is 0. The fourth-order valence-corrected chi connectivity index (χ4v) is 3.03. The van der Waals surface area contributed by atoms with Gasteiger partial charge in [0.05, 0.1) is 11.7 Å². The van der Waals surface area contributed by atoms with Crippen LogP contribution in [0.2, 0.25) is 0 Å². The van der Waals surface area contributed by atoms with Gasteiger partial charge in [0, 0.05) is 6.54 Å². The molecule has 2 heterocycles. The van der Waals surface area contributed by atoms with E-state index >= 15 is 0 Å². The first-order chi connectivity index (χ1) is 13.0. The molecule has 1 aromatic carbocycles. The van der Waals surface area contributed by atoms with Gasteiger partial charge in [0.1, 0.15) is 24.3 Å². The molecule has 1 saturated heterocycles. The lowest BCUT2D eigenvalue weighted by Crippen LogP contribution is -2.36. The van der Waals surface area contributed by atoms with E-state index in [0.29, 0.717) is 5.75 Å². The quantitative estimate of drug-likeness (QED) is 0.631. The normalized spacial score (nSPS) is 15.5. The number of piperidine rings is 1. The molecule has 1 aromatic heterocycles. The third-order valence-electron chi connectivity index (χ3n) is 4.55. The lowest BCUT2D eigenvalue weighted by Gasteiger charge is -2.23. The van der Waals surface area contributed by atoms with Crippen molar-refractivity contribution in [3.05, 3.63) is 41.5 Å². The van der Waals surface area contributed by atoms with Crippen molar-refractivity contribution in [2.45, 2.75) is 31.9 Å². The zero-order valence-corrected chi connectivity index (χ0v) is 16.4. The Kier molecular flexibility index (Phi) is 8.16. The highest BCUT2D eigenvalue weighted by Gasteiger charge is 2.23. The summed E-state index contributed by atoms with van der Waals surface area (Å²) in [6, 6.07) is 5.75. The first kappa shape index (κ1) is 22.1. The molecular weight excluding hydrogens is 389 g/mol. The van der Waals surface area contributed by atoms with E-state index in [1.807, 2.05) is 11.6 Å². The lowest BCUT2D eigenvalue weighted by molar-refractivity contribution is 0.0839. The average Bonchev–Trinajstić information content (AvgIpc) is 3.08. The zero-order valence-electron chi connectivity index (χ0n) is 15.6. The second kappa shape index (κ2) is 10.4. The number of carbonyl (C=O) groups is 1. The molecule has 10 heteroatoms. The zero-order chi connectivity index (χ0) is 19.2. The van der Waals surface area contributed by atoms with E-state index in [-0.39, 0.29) is 49.0 Å². The van der Waals surface area contributed by atoms with Crippen molar-refractivity contribution in [2.24, 2.45) is 0 Å². The van der Waals surface area contributed by atoms with E-state index in [0.717, 1.165) is 31.6 Å². The molecule has 28 heavy (non-hydrogen) atoms. The summed E-state index contributed by atoms with van der Waals surface area (Å²) < 4.78 is 20.0. The number of halogens is 2. The number of nitrogens with zero attached hydrogens (tertiary/aromatic N) is 3. The van der Waals surface area contributed by atoms with E-state index in [2.05, 4.69) is 20.9 Å². The Bertz CT molecular complexity index is 765. The summed E-state index contributed by atoms with van der Waals surface area (Å²) in [5, 5.41) is 24.0. The van der Waals surface area contributed by atoms with E-state index in [9.17, 15) is 14.3 Å². The molecule has 0 bridgehead atoms. The number of hydrogen-bond donors (Lipinski definition) is 3. The van der Waals surface area contributed by atoms with Crippen LogP contribution in [-0.4, -0.2) is 58.4 Å². The van der Waals surface area contributed by atoms with Crippen molar-refractivity contribution in [1.82, 2.24) is 25.6 Å². The number of aliphatic hydroxyl groups excluding tert-OH is 1. The van der Waals surface area contributed by atoms with Gasteiger partial charge >= 0.3 is 0 Å². The van der Waals surface area contributed by atoms with Gasteiger partial charge < -0.3 is 20.5 Å². The topological polar surface area (TPSA) is 101 Å². The van der Waals surface area contributed by atoms with Gasteiger partial charge in [-0.25, -0.2) is 9.07 Å². The highest BCUT2D eigenvalue weighted by molar-refractivity contribution is 5.93. The Hall–Kier alpha value is -2.23. The summed E-state index contributed by atoms with van der Waals surface area (Å²) in [5.74, 6) is -0.292. The monoisotopic (exact) mass is 413 g/mol. The number of aromatic nitrogens is 3. The van der Waals surface area contributed by atoms with Crippen molar-refractivity contribution in [2.75, 3.05) is 26.2 Å². The van der Waals surface area contributed by atoms with Crippen LogP contribution in [0.1, 0.15) is 35.1 Å². The molecule has 0 radical (unpaired) electrons. The molecule has 0 spiro atoms. The molecule has 1 unspecified atom stereocenters. The second-order valence-electron chi connectivity index (χ2n) is 6.58. The van der Waals surface area contributed by atoms with E-state index in [4.69, 9.17) is 4.74 Å². The van der Waals surface area contributed by atoms with Gasteiger partial charge in [0.25, 0.3) is 5.91 Å². The fourth-order valence-electron chi connectivity index (χ4n) is 3.03. The van der Waals surface area contributed by atoms with Crippen LogP contribution < -0.4 is 15.4 Å². The smallest absolute Gasteiger partial charge is 0.273 e. The molecule has 8 nitrogen and oxygen atoms in total. The molecule has 1 aliphatic rings. The second-order valence-corrected chi connectivity index (χ2v) is 6.58. The molecule has 1 amide bonds. The first-order valence-electron chi connectivity index (χ1n) is 9.01. The standard InChI is InChI=1S/C18H24FN5O3.ClH/c1-12-17(22-23-24(12)14-6-8-20-9-7-14)18(26)21-10-15(25)11-27-16-4-2-13(19)3-5-16;/h2-5,14-15,20,25H,6-11H2,1H3,(H,21,26);1H. The maximum atomic E-state index is 12.8. The molecule has 1 fully saturated rings. The maximum Gasteiger partial charge on any atom is 0.273 e. The number of carbonyl (C=O) groups excluding carboxylic acids is 1. The molecule has 3 N–H and O–H groups in total. The van der Waals surface area contributed by atoms with E-state index in [1.165, 1.54) is 24.3 Å². The van der Waals surface area contributed by atoms with Crippen molar-refractivity contribution >= 4 is 18.3 Å². The largest absolute Gasteiger partial charge is 0.491 e. The Morgan fingerprint density at radius 1 is 1.39 bits per heavy atom. The predicted molar refractivity (Wildman–Crippen MR) is 103 cm³/mol. The Morgan fingerprint density at radius 2 is 2.07 bits per heavy atom. The van der Waals surface area contributed by atoms with Gasteiger partial charge in [-0.15, -0.1) is 17.5 Å². The van der Waals surface area contributed by atoms with Gasteiger partial charge in [-0.2, -0.15) is 0 Å². The Morgan fingerprint density at radius 3 is 2.75 bits per heavy atom. The van der Waals surface area contributed by atoms with Crippen molar-refractivity contribution in [3.8, 4) is 5.75 Å². The van der Waals surface area contributed by atoms with Crippen LogP contribution in [0, 0.1) is 12.7 Å².